The van der Waals surface area contributed by atoms with Gasteiger partial charge in [-0.2, -0.15) is 0 Å². The molecule has 7 aromatic rings. The number of benzene rings is 6. The smallest absolute Gasteiger partial charge is 0.252 e. The van der Waals surface area contributed by atoms with Gasteiger partial charge in [-0.05, 0) is 156 Å². The minimum absolute atomic E-state index is 0.00793. The SMILES string of the molecule is CC(C)(C)c1ccc(-c2ccc(-c3nc4cc5c(cc4o3)B3c4ccc(C(C)(C)C)c6c4N(c4cc(C(C)(C)C)cc(c43)N5c3cc(C(C)(C)C)cc(C(C)(C)C)c3)C3(C)CCCCC63C)cc2)cc1. The largest absolute Gasteiger partial charge is 0.436 e. The highest BCUT2D eigenvalue weighted by Crippen LogP contribution is 2.64. The molecule has 5 heteroatoms. The number of anilines is 5. The molecule has 4 aliphatic rings. The molecule has 0 amide bonds. The summed E-state index contributed by atoms with van der Waals surface area (Å²) in [5, 5.41) is 0. The van der Waals surface area contributed by atoms with Gasteiger partial charge in [0.15, 0.2) is 5.58 Å². The lowest BCUT2D eigenvalue weighted by Crippen LogP contribution is -2.64. The van der Waals surface area contributed by atoms with Gasteiger partial charge in [-0.3, -0.25) is 0 Å². The first-order valence-corrected chi connectivity index (χ1v) is 26.4. The van der Waals surface area contributed by atoms with Crippen LogP contribution in [0.4, 0.5) is 28.4 Å². The van der Waals surface area contributed by atoms with Gasteiger partial charge in [-0.25, -0.2) is 4.98 Å². The maximum atomic E-state index is 6.96. The van der Waals surface area contributed by atoms with Crippen LogP contribution in [0.1, 0.15) is 177 Å². The Hall–Kier alpha value is -5.55. The molecule has 3 aliphatic heterocycles. The van der Waals surface area contributed by atoms with E-state index in [1.54, 1.807) is 5.56 Å². The Labute approximate surface area is 420 Å². The molecular formula is C65H76BN3O. The molecule has 1 aromatic heterocycles. The van der Waals surface area contributed by atoms with Gasteiger partial charge in [-0.1, -0.05) is 178 Å². The highest BCUT2D eigenvalue weighted by atomic mass is 16.3. The fraction of sp³-hybridized carbons (Fsp3) is 0.431. The van der Waals surface area contributed by atoms with E-state index >= 15 is 0 Å². The molecule has 0 radical (unpaired) electrons. The van der Waals surface area contributed by atoms with Gasteiger partial charge in [0.05, 0.1) is 5.54 Å². The van der Waals surface area contributed by atoms with Crippen molar-refractivity contribution in [2.75, 3.05) is 9.80 Å². The van der Waals surface area contributed by atoms with Crippen LogP contribution >= 0.6 is 0 Å². The highest BCUT2D eigenvalue weighted by molar-refractivity contribution is 7.00. The minimum atomic E-state index is -0.0972. The summed E-state index contributed by atoms with van der Waals surface area (Å²) < 4.78 is 6.96. The van der Waals surface area contributed by atoms with Gasteiger partial charge in [0.25, 0.3) is 6.71 Å². The van der Waals surface area contributed by atoms with E-state index < -0.39 is 0 Å². The number of rotatable bonds is 3. The molecule has 1 fully saturated rings. The Balaban J connectivity index is 1.19. The average Bonchev–Trinajstić information content (AvgIpc) is 3.79. The first-order valence-electron chi connectivity index (χ1n) is 26.4. The predicted molar refractivity (Wildman–Crippen MR) is 301 cm³/mol. The number of aromatic nitrogens is 1. The Morgan fingerprint density at radius 1 is 0.514 bits per heavy atom. The normalized spacial score (nSPS) is 19.9. The number of hydrogen-bond acceptors (Lipinski definition) is 4. The molecule has 1 saturated carbocycles. The second-order valence-electron chi connectivity index (χ2n) is 27.3. The van der Waals surface area contributed by atoms with Crippen LogP contribution < -0.4 is 26.2 Å². The van der Waals surface area contributed by atoms with Crippen LogP contribution in [-0.4, -0.2) is 17.2 Å². The molecule has 4 heterocycles. The van der Waals surface area contributed by atoms with Gasteiger partial charge in [0.2, 0.25) is 5.89 Å². The summed E-state index contributed by atoms with van der Waals surface area (Å²) in [5.74, 6) is 0.645. The summed E-state index contributed by atoms with van der Waals surface area (Å²) in [4.78, 5) is 10.9. The van der Waals surface area contributed by atoms with Crippen LogP contribution in [0.25, 0.3) is 33.7 Å². The van der Waals surface area contributed by atoms with E-state index in [4.69, 9.17) is 9.40 Å². The first kappa shape index (κ1) is 46.8. The lowest BCUT2D eigenvalue weighted by atomic mass is 9.33. The standard InChI is InChI=1S/C65H76BN3O/c1-59(2,3)42-26-24-40(25-27-42)39-20-22-41(23-21-39)58-67-50-38-51-49(37-54(50)70-58)66-48-29-28-47(63(13,14)15)55-57(48)69(65(17)31-19-18-30-64(55,65)16)53-36-45(62(10,11)12)35-52(56(53)66)68(51)46-33-43(60(4,5)6)32-44(34-46)61(7,8)9/h20-29,32-38H,18-19,30-31H2,1-17H3. The maximum Gasteiger partial charge on any atom is 0.252 e. The summed E-state index contributed by atoms with van der Waals surface area (Å²) in [5.41, 5.74) is 23.9. The molecule has 6 aromatic carbocycles. The third-order valence-electron chi connectivity index (χ3n) is 17.4. The van der Waals surface area contributed by atoms with Crippen LogP contribution in [0.3, 0.4) is 0 Å². The Bertz CT molecular complexity index is 3230. The second kappa shape index (κ2) is 15.0. The summed E-state index contributed by atoms with van der Waals surface area (Å²) in [7, 11) is 0. The summed E-state index contributed by atoms with van der Waals surface area (Å²) in [6.45, 7) is 40.6. The van der Waals surface area contributed by atoms with Gasteiger partial charge >= 0.3 is 0 Å². The average molecular weight is 926 g/mol. The Morgan fingerprint density at radius 3 is 1.64 bits per heavy atom. The third kappa shape index (κ3) is 7.01. The van der Waals surface area contributed by atoms with Crippen LogP contribution in [0.5, 0.6) is 0 Å². The van der Waals surface area contributed by atoms with Crippen molar-refractivity contribution in [1.29, 1.82) is 0 Å². The summed E-state index contributed by atoms with van der Waals surface area (Å²) in [6.07, 6.45) is 4.85. The van der Waals surface area contributed by atoms with Crippen LogP contribution in [-0.2, 0) is 32.5 Å². The van der Waals surface area contributed by atoms with Gasteiger partial charge in [-0.15, -0.1) is 0 Å². The molecule has 2 atom stereocenters. The zero-order chi connectivity index (χ0) is 50.0. The molecule has 0 spiro atoms. The molecule has 1 aliphatic carbocycles. The van der Waals surface area contributed by atoms with E-state index in [2.05, 4.69) is 231 Å². The Morgan fingerprint density at radius 2 is 1.06 bits per heavy atom. The van der Waals surface area contributed by atoms with E-state index in [9.17, 15) is 0 Å². The lowest BCUT2D eigenvalue weighted by Gasteiger charge is -2.53. The topological polar surface area (TPSA) is 32.5 Å². The maximum absolute atomic E-state index is 6.96. The van der Waals surface area contributed by atoms with Crippen molar-refractivity contribution in [1.82, 2.24) is 4.98 Å². The fourth-order valence-corrected chi connectivity index (χ4v) is 12.9. The minimum Gasteiger partial charge on any atom is -0.436 e. The molecule has 0 N–H and O–H groups in total. The van der Waals surface area contributed by atoms with E-state index in [1.807, 2.05) is 0 Å². The predicted octanol–water partition coefficient (Wildman–Crippen LogP) is 16.0. The first-order chi connectivity index (χ1) is 32.6. The summed E-state index contributed by atoms with van der Waals surface area (Å²) >= 11 is 0. The number of hydrogen-bond donors (Lipinski definition) is 0. The van der Waals surface area contributed by atoms with E-state index in [-0.39, 0.29) is 44.7 Å². The van der Waals surface area contributed by atoms with Crippen molar-refractivity contribution in [3.05, 3.63) is 137 Å². The van der Waals surface area contributed by atoms with Crippen molar-refractivity contribution in [3.8, 4) is 22.6 Å². The van der Waals surface area contributed by atoms with Crippen LogP contribution in [0.2, 0.25) is 0 Å². The van der Waals surface area contributed by atoms with Crippen molar-refractivity contribution in [3.63, 3.8) is 0 Å². The number of fused-ring (bicyclic) bond motifs is 8. The molecule has 11 rings (SSSR count). The summed E-state index contributed by atoms with van der Waals surface area (Å²) in [6, 6.07) is 40.1. The highest BCUT2D eigenvalue weighted by Gasteiger charge is 2.62. The number of nitrogens with zero attached hydrogens (tertiary/aromatic N) is 3. The fourth-order valence-electron chi connectivity index (χ4n) is 12.9. The number of oxazole rings is 1. The van der Waals surface area contributed by atoms with Gasteiger partial charge < -0.3 is 14.2 Å². The third-order valence-corrected chi connectivity index (χ3v) is 17.4. The van der Waals surface area contributed by atoms with Crippen molar-refractivity contribution >= 4 is 62.6 Å². The molecule has 2 unspecified atom stereocenters. The molecule has 0 bridgehead atoms. The van der Waals surface area contributed by atoms with Crippen molar-refractivity contribution < 1.29 is 4.42 Å². The van der Waals surface area contributed by atoms with Crippen LogP contribution in [0, 0.1) is 0 Å². The van der Waals surface area contributed by atoms with Gasteiger partial charge in [0.1, 0.15) is 5.52 Å². The van der Waals surface area contributed by atoms with Crippen molar-refractivity contribution in [2.24, 2.45) is 0 Å². The molecule has 0 saturated heterocycles. The monoisotopic (exact) mass is 926 g/mol. The molecule has 4 nitrogen and oxygen atoms in total. The lowest BCUT2D eigenvalue weighted by molar-refractivity contribution is 0.193. The van der Waals surface area contributed by atoms with E-state index in [1.165, 1.54) is 103 Å². The molecule has 70 heavy (non-hydrogen) atoms. The van der Waals surface area contributed by atoms with Crippen molar-refractivity contribution in [2.45, 2.75) is 181 Å². The van der Waals surface area contributed by atoms with E-state index in [0.717, 1.165) is 23.1 Å². The zero-order valence-electron chi connectivity index (χ0n) is 45.5. The quantitative estimate of drug-likeness (QED) is 0.165. The second-order valence-corrected chi connectivity index (χ2v) is 27.3. The van der Waals surface area contributed by atoms with Crippen LogP contribution in [0.15, 0.2) is 108 Å². The molecular weight excluding hydrogens is 850 g/mol. The Kier molecular flexibility index (Phi) is 10.0. The molecule has 360 valence electrons. The zero-order valence-corrected chi connectivity index (χ0v) is 45.5. The van der Waals surface area contributed by atoms with E-state index in [0.29, 0.717) is 5.89 Å². The van der Waals surface area contributed by atoms with Gasteiger partial charge in [0, 0.05) is 39.4 Å².